The number of hydrogen-bond donors (Lipinski definition) is 1. The highest BCUT2D eigenvalue weighted by Crippen LogP contribution is 2.08. The maximum atomic E-state index is 4.23. The molecule has 0 bridgehead atoms. The van der Waals surface area contributed by atoms with E-state index < -0.39 is 0 Å². The van der Waals surface area contributed by atoms with Crippen molar-refractivity contribution in [2.24, 2.45) is 5.92 Å². The largest absolute Gasteiger partial charge is 0.309 e. The summed E-state index contributed by atoms with van der Waals surface area (Å²) in [6.07, 6.45) is 9.10. The molecule has 1 atom stereocenters. The van der Waals surface area contributed by atoms with Gasteiger partial charge in [-0.3, -0.25) is 9.97 Å². The Kier molecular flexibility index (Phi) is 6.01. The van der Waals surface area contributed by atoms with Crippen LogP contribution in [-0.4, -0.2) is 16.0 Å². The van der Waals surface area contributed by atoms with Gasteiger partial charge in [0.2, 0.25) is 0 Å². The molecule has 0 aliphatic carbocycles. The highest BCUT2D eigenvalue weighted by molar-refractivity contribution is 4.93. The van der Waals surface area contributed by atoms with Crippen molar-refractivity contribution in [1.82, 2.24) is 15.3 Å². The highest BCUT2D eigenvalue weighted by atomic mass is 14.9. The van der Waals surface area contributed by atoms with E-state index in [9.17, 15) is 0 Å². The van der Waals surface area contributed by atoms with Crippen molar-refractivity contribution in [3.05, 3.63) is 24.3 Å². The van der Waals surface area contributed by atoms with Crippen molar-refractivity contribution in [1.29, 1.82) is 0 Å². The third kappa shape index (κ3) is 5.81. The van der Waals surface area contributed by atoms with Crippen LogP contribution in [0.5, 0.6) is 0 Å². The first-order valence-corrected chi connectivity index (χ1v) is 6.16. The zero-order valence-electron chi connectivity index (χ0n) is 10.6. The van der Waals surface area contributed by atoms with Gasteiger partial charge in [0, 0.05) is 31.2 Å². The van der Waals surface area contributed by atoms with Crippen LogP contribution >= 0.6 is 0 Å². The number of nitrogens with one attached hydrogen (secondary N) is 1. The topological polar surface area (TPSA) is 37.8 Å². The van der Waals surface area contributed by atoms with Gasteiger partial charge in [-0.25, -0.2) is 0 Å². The van der Waals surface area contributed by atoms with E-state index >= 15 is 0 Å². The fourth-order valence-electron chi connectivity index (χ4n) is 1.63. The molecule has 1 heterocycles. The Labute approximate surface area is 98.7 Å². The van der Waals surface area contributed by atoms with Crippen LogP contribution in [0.3, 0.4) is 0 Å². The molecule has 3 nitrogen and oxygen atoms in total. The Morgan fingerprint density at radius 3 is 2.62 bits per heavy atom. The number of rotatable bonds is 7. The minimum absolute atomic E-state index is 0.556. The number of nitrogens with zero attached hydrogens (tertiary/aromatic N) is 2. The molecule has 0 saturated carbocycles. The van der Waals surface area contributed by atoms with E-state index in [1.54, 1.807) is 12.4 Å². The van der Waals surface area contributed by atoms with Gasteiger partial charge in [0.1, 0.15) is 0 Å². The number of aromatic nitrogens is 2. The molecule has 1 rings (SSSR count). The molecule has 90 valence electrons. The van der Waals surface area contributed by atoms with E-state index in [2.05, 4.69) is 36.1 Å². The molecule has 1 N–H and O–H groups in total. The Hall–Kier alpha value is -0.960. The third-order valence-electron chi connectivity index (χ3n) is 2.67. The van der Waals surface area contributed by atoms with Crippen LogP contribution in [0.25, 0.3) is 0 Å². The quantitative estimate of drug-likeness (QED) is 0.769. The van der Waals surface area contributed by atoms with Gasteiger partial charge < -0.3 is 5.32 Å². The lowest BCUT2D eigenvalue weighted by Gasteiger charge is -2.13. The monoisotopic (exact) mass is 221 g/mol. The smallest absolute Gasteiger partial charge is 0.0724 e. The summed E-state index contributed by atoms with van der Waals surface area (Å²) in [6, 6.07) is 0.556. The van der Waals surface area contributed by atoms with Crippen LogP contribution in [0.1, 0.15) is 45.7 Å². The fraction of sp³-hybridized carbons (Fsp3) is 0.692. The zero-order chi connectivity index (χ0) is 11.8. The third-order valence-corrected chi connectivity index (χ3v) is 2.67. The second-order valence-electron chi connectivity index (χ2n) is 4.80. The van der Waals surface area contributed by atoms with Gasteiger partial charge in [0.05, 0.1) is 5.69 Å². The summed E-state index contributed by atoms with van der Waals surface area (Å²) >= 11 is 0. The van der Waals surface area contributed by atoms with Gasteiger partial charge in [0.15, 0.2) is 0 Å². The first-order chi connectivity index (χ1) is 7.68. The number of hydrogen-bond acceptors (Lipinski definition) is 3. The molecule has 1 unspecified atom stereocenters. The van der Waals surface area contributed by atoms with Gasteiger partial charge >= 0.3 is 0 Å². The van der Waals surface area contributed by atoms with Gasteiger partial charge in [-0.15, -0.1) is 0 Å². The molecule has 0 aliphatic heterocycles. The second-order valence-corrected chi connectivity index (χ2v) is 4.80. The summed E-state index contributed by atoms with van der Waals surface area (Å²) in [5.41, 5.74) is 1.01. The molecule has 3 heteroatoms. The van der Waals surface area contributed by atoms with Crippen LogP contribution in [0, 0.1) is 5.92 Å². The summed E-state index contributed by atoms with van der Waals surface area (Å²) in [6.45, 7) is 7.60. The first kappa shape index (κ1) is 13.1. The summed E-state index contributed by atoms with van der Waals surface area (Å²) in [7, 11) is 0. The molecule has 0 amide bonds. The molecule has 1 aromatic rings. The van der Waals surface area contributed by atoms with Crippen molar-refractivity contribution in [3.63, 3.8) is 0 Å². The van der Waals surface area contributed by atoms with Crippen LogP contribution in [0.2, 0.25) is 0 Å². The minimum atomic E-state index is 0.556. The van der Waals surface area contributed by atoms with E-state index in [1.807, 2.05) is 6.20 Å². The van der Waals surface area contributed by atoms with E-state index in [1.165, 1.54) is 19.3 Å². The molecule has 0 fully saturated rings. The average molecular weight is 221 g/mol. The van der Waals surface area contributed by atoms with E-state index in [0.29, 0.717) is 6.04 Å². The molecule has 16 heavy (non-hydrogen) atoms. The van der Waals surface area contributed by atoms with Crippen molar-refractivity contribution >= 4 is 0 Å². The Morgan fingerprint density at radius 1 is 1.19 bits per heavy atom. The normalized spacial score (nSPS) is 13.0. The van der Waals surface area contributed by atoms with Crippen molar-refractivity contribution in [2.45, 2.75) is 52.6 Å². The molecule has 0 spiro atoms. The summed E-state index contributed by atoms with van der Waals surface area (Å²) < 4.78 is 0. The average Bonchev–Trinajstić information content (AvgIpc) is 2.27. The summed E-state index contributed by atoms with van der Waals surface area (Å²) in [5.74, 6) is 0.812. The lowest BCUT2D eigenvalue weighted by atomic mass is 10.0. The lowest BCUT2D eigenvalue weighted by Crippen LogP contribution is -2.25. The molecule has 0 saturated heterocycles. The van der Waals surface area contributed by atoms with Crippen molar-refractivity contribution in [3.8, 4) is 0 Å². The minimum Gasteiger partial charge on any atom is -0.309 e. The SMILES string of the molecule is CC(C)CCCC(C)NCc1cnccn1. The van der Waals surface area contributed by atoms with Crippen molar-refractivity contribution in [2.75, 3.05) is 0 Å². The lowest BCUT2D eigenvalue weighted by molar-refractivity contribution is 0.455. The summed E-state index contributed by atoms with van der Waals surface area (Å²) in [5, 5.41) is 3.47. The van der Waals surface area contributed by atoms with E-state index in [0.717, 1.165) is 18.2 Å². The molecule has 0 aliphatic rings. The fourth-order valence-corrected chi connectivity index (χ4v) is 1.63. The molecular formula is C13H23N3. The van der Waals surface area contributed by atoms with Gasteiger partial charge in [-0.1, -0.05) is 26.7 Å². The standard InChI is InChI=1S/C13H23N3/c1-11(2)5-4-6-12(3)16-10-13-9-14-7-8-15-13/h7-9,11-12,16H,4-6,10H2,1-3H3. The maximum absolute atomic E-state index is 4.23. The first-order valence-electron chi connectivity index (χ1n) is 6.16. The van der Waals surface area contributed by atoms with E-state index in [-0.39, 0.29) is 0 Å². The van der Waals surface area contributed by atoms with Crippen LogP contribution in [-0.2, 0) is 6.54 Å². The Bertz CT molecular complexity index is 272. The van der Waals surface area contributed by atoms with Gasteiger partial charge in [0.25, 0.3) is 0 Å². The van der Waals surface area contributed by atoms with Crippen molar-refractivity contribution < 1.29 is 0 Å². The van der Waals surface area contributed by atoms with Gasteiger partial charge in [-0.05, 0) is 19.3 Å². The molecular weight excluding hydrogens is 198 g/mol. The molecule has 0 radical (unpaired) electrons. The Balaban J connectivity index is 2.13. The van der Waals surface area contributed by atoms with Crippen LogP contribution < -0.4 is 5.32 Å². The van der Waals surface area contributed by atoms with Crippen LogP contribution in [0.4, 0.5) is 0 Å². The van der Waals surface area contributed by atoms with E-state index in [4.69, 9.17) is 0 Å². The Morgan fingerprint density at radius 2 is 2.00 bits per heavy atom. The predicted molar refractivity (Wildman–Crippen MR) is 67.0 cm³/mol. The highest BCUT2D eigenvalue weighted by Gasteiger charge is 2.03. The van der Waals surface area contributed by atoms with Gasteiger partial charge in [-0.2, -0.15) is 0 Å². The molecule has 0 aromatic carbocycles. The predicted octanol–water partition coefficient (Wildman–Crippen LogP) is 2.78. The zero-order valence-corrected chi connectivity index (χ0v) is 10.6. The second kappa shape index (κ2) is 7.34. The molecule has 1 aromatic heterocycles. The van der Waals surface area contributed by atoms with Crippen LogP contribution in [0.15, 0.2) is 18.6 Å². The summed E-state index contributed by atoms with van der Waals surface area (Å²) in [4.78, 5) is 8.28. The maximum Gasteiger partial charge on any atom is 0.0724 e.